The minimum atomic E-state index is -1.35. The number of carbonyl (C=O) groups excluding carboxylic acids is 1. The molecule has 23 heavy (non-hydrogen) atoms. The van der Waals surface area contributed by atoms with E-state index in [4.69, 9.17) is 0 Å². The van der Waals surface area contributed by atoms with Gasteiger partial charge in [-0.2, -0.15) is 5.10 Å². The summed E-state index contributed by atoms with van der Waals surface area (Å²) in [4.78, 5) is 24.8. The predicted molar refractivity (Wildman–Crippen MR) is 82.1 cm³/mol. The van der Waals surface area contributed by atoms with Crippen LogP contribution in [-0.2, 0) is 4.79 Å². The summed E-state index contributed by atoms with van der Waals surface area (Å²) < 4.78 is 14.6. The third-order valence-corrected chi connectivity index (χ3v) is 3.88. The maximum absolute atomic E-state index is 13.2. The Morgan fingerprint density at radius 2 is 1.96 bits per heavy atom. The fourth-order valence-corrected chi connectivity index (χ4v) is 2.02. The van der Waals surface area contributed by atoms with E-state index in [0.29, 0.717) is 11.3 Å². The van der Waals surface area contributed by atoms with Crippen LogP contribution in [0, 0.1) is 12.7 Å². The van der Waals surface area contributed by atoms with Gasteiger partial charge >= 0.3 is 5.97 Å². The molecule has 0 aliphatic rings. The summed E-state index contributed by atoms with van der Waals surface area (Å²) in [5, 5.41) is 13.4. The second-order valence-corrected chi connectivity index (χ2v) is 5.80. The lowest BCUT2D eigenvalue weighted by Gasteiger charge is -2.30. The minimum absolute atomic E-state index is 0.116. The van der Waals surface area contributed by atoms with Crippen LogP contribution in [0.5, 0.6) is 0 Å². The summed E-state index contributed by atoms with van der Waals surface area (Å²) >= 11 is 0. The molecule has 1 heterocycles. The second kappa shape index (κ2) is 5.83. The zero-order valence-corrected chi connectivity index (χ0v) is 13.4. The van der Waals surface area contributed by atoms with Crippen LogP contribution in [0.4, 0.5) is 4.39 Å². The lowest BCUT2D eigenvalue weighted by Crippen LogP contribution is -2.50. The average molecular weight is 319 g/mol. The summed E-state index contributed by atoms with van der Waals surface area (Å²) in [5.74, 6) is -1.96. The van der Waals surface area contributed by atoms with Crippen molar-refractivity contribution in [2.75, 3.05) is 7.05 Å². The van der Waals surface area contributed by atoms with Crippen molar-refractivity contribution >= 4 is 11.9 Å². The summed E-state index contributed by atoms with van der Waals surface area (Å²) in [6, 6.07) is 5.75. The topological polar surface area (TPSA) is 75.4 Å². The Morgan fingerprint density at radius 3 is 2.52 bits per heavy atom. The molecule has 6 nitrogen and oxygen atoms in total. The molecule has 0 saturated heterocycles. The van der Waals surface area contributed by atoms with Crippen LogP contribution in [0.2, 0.25) is 0 Å². The molecule has 7 heteroatoms. The number of rotatable bonds is 4. The van der Waals surface area contributed by atoms with Gasteiger partial charge in [0.1, 0.15) is 11.4 Å². The van der Waals surface area contributed by atoms with E-state index in [1.807, 2.05) is 0 Å². The molecule has 1 amide bonds. The predicted octanol–water partition coefficient (Wildman–Crippen LogP) is 2.26. The first-order valence-corrected chi connectivity index (χ1v) is 6.98. The first kappa shape index (κ1) is 16.7. The molecule has 1 aromatic carbocycles. The molecule has 0 bridgehead atoms. The van der Waals surface area contributed by atoms with E-state index in [2.05, 4.69) is 5.10 Å². The van der Waals surface area contributed by atoms with Crippen LogP contribution in [0.3, 0.4) is 0 Å². The molecule has 2 rings (SSSR count). The van der Waals surface area contributed by atoms with Crippen molar-refractivity contribution in [3.05, 3.63) is 47.5 Å². The van der Waals surface area contributed by atoms with E-state index >= 15 is 0 Å². The van der Waals surface area contributed by atoms with Crippen molar-refractivity contribution in [1.82, 2.24) is 14.7 Å². The molecule has 1 N–H and O–H groups in total. The highest BCUT2D eigenvalue weighted by Gasteiger charge is 2.36. The molecule has 0 spiro atoms. The highest BCUT2D eigenvalue weighted by Crippen LogP contribution is 2.18. The molecule has 0 aliphatic heterocycles. The van der Waals surface area contributed by atoms with Crippen LogP contribution in [0.15, 0.2) is 30.5 Å². The van der Waals surface area contributed by atoms with Crippen LogP contribution in [0.1, 0.15) is 29.9 Å². The molecule has 2 aromatic rings. The van der Waals surface area contributed by atoms with Crippen LogP contribution < -0.4 is 0 Å². The summed E-state index contributed by atoms with van der Waals surface area (Å²) in [7, 11) is 1.42. The van der Waals surface area contributed by atoms with E-state index in [1.54, 1.807) is 19.2 Å². The van der Waals surface area contributed by atoms with Gasteiger partial charge in [-0.1, -0.05) is 0 Å². The van der Waals surface area contributed by atoms with Gasteiger partial charge in [0.2, 0.25) is 0 Å². The Hall–Kier alpha value is -2.70. The lowest BCUT2D eigenvalue weighted by molar-refractivity contribution is -0.147. The van der Waals surface area contributed by atoms with Gasteiger partial charge in [0.25, 0.3) is 5.91 Å². The van der Waals surface area contributed by atoms with Gasteiger partial charge in [-0.25, -0.2) is 13.9 Å². The molecule has 122 valence electrons. The van der Waals surface area contributed by atoms with Crippen molar-refractivity contribution in [3.8, 4) is 5.69 Å². The van der Waals surface area contributed by atoms with Crippen molar-refractivity contribution < 1.29 is 19.1 Å². The van der Waals surface area contributed by atoms with E-state index in [-0.39, 0.29) is 11.5 Å². The SMILES string of the molecule is Cc1cc(F)ccc1-n1ccc(C(=O)N(C)C(C)(C)C(=O)O)n1. The smallest absolute Gasteiger partial charge is 0.329 e. The second-order valence-electron chi connectivity index (χ2n) is 5.80. The number of carbonyl (C=O) groups is 2. The van der Waals surface area contributed by atoms with Crippen molar-refractivity contribution in [2.24, 2.45) is 0 Å². The largest absolute Gasteiger partial charge is 0.480 e. The number of aliphatic carboxylic acids is 1. The summed E-state index contributed by atoms with van der Waals surface area (Å²) in [5.41, 5.74) is 0.0783. The van der Waals surface area contributed by atoms with E-state index < -0.39 is 17.4 Å². The van der Waals surface area contributed by atoms with Gasteiger partial charge in [0.05, 0.1) is 5.69 Å². The number of carboxylic acids is 1. The Morgan fingerprint density at radius 1 is 1.30 bits per heavy atom. The van der Waals surface area contributed by atoms with Crippen molar-refractivity contribution in [3.63, 3.8) is 0 Å². The maximum atomic E-state index is 13.2. The third kappa shape index (κ3) is 3.08. The number of carboxylic acid groups (broad SMARTS) is 1. The number of hydrogen-bond acceptors (Lipinski definition) is 3. The van der Waals surface area contributed by atoms with Gasteiger partial charge < -0.3 is 10.0 Å². The Bertz CT molecular complexity index is 768. The molecule has 0 aliphatic carbocycles. The molecule has 0 saturated carbocycles. The average Bonchev–Trinajstić information content (AvgIpc) is 2.95. The fourth-order valence-electron chi connectivity index (χ4n) is 2.02. The van der Waals surface area contributed by atoms with Gasteiger partial charge in [-0.3, -0.25) is 4.79 Å². The third-order valence-electron chi connectivity index (χ3n) is 3.88. The molecular formula is C16H18FN3O3. The van der Waals surface area contributed by atoms with E-state index in [0.717, 1.165) is 4.90 Å². The number of benzene rings is 1. The zero-order valence-electron chi connectivity index (χ0n) is 13.4. The van der Waals surface area contributed by atoms with E-state index in [1.165, 1.54) is 43.8 Å². The van der Waals surface area contributed by atoms with Crippen molar-refractivity contribution in [2.45, 2.75) is 26.3 Å². The van der Waals surface area contributed by atoms with Gasteiger partial charge in [0.15, 0.2) is 5.69 Å². The number of halogens is 1. The van der Waals surface area contributed by atoms with Crippen LogP contribution in [0.25, 0.3) is 5.69 Å². The standard InChI is InChI=1S/C16H18FN3O3/c1-10-9-11(17)5-6-13(10)20-8-7-12(18-20)14(21)19(4)16(2,3)15(22)23/h5-9H,1-4H3,(H,22,23). The number of aryl methyl sites for hydroxylation is 1. The zero-order chi connectivity index (χ0) is 17.4. The number of nitrogens with zero attached hydrogens (tertiary/aromatic N) is 3. The molecule has 0 atom stereocenters. The van der Waals surface area contributed by atoms with Gasteiger partial charge in [-0.05, 0) is 50.6 Å². The molecule has 0 fully saturated rings. The minimum Gasteiger partial charge on any atom is -0.480 e. The summed E-state index contributed by atoms with van der Waals surface area (Å²) in [6.07, 6.45) is 1.58. The fraction of sp³-hybridized carbons (Fsp3) is 0.312. The lowest BCUT2D eigenvalue weighted by atomic mass is 10.0. The molecular weight excluding hydrogens is 301 g/mol. The number of amides is 1. The van der Waals surface area contributed by atoms with Gasteiger partial charge in [0, 0.05) is 13.2 Å². The van der Waals surface area contributed by atoms with Gasteiger partial charge in [-0.15, -0.1) is 0 Å². The highest BCUT2D eigenvalue weighted by molar-refractivity contribution is 5.95. The highest BCUT2D eigenvalue weighted by atomic mass is 19.1. The maximum Gasteiger partial charge on any atom is 0.329 e. The number of likely N-dealkylation sites (N-methyl/N-ethyl adjacent to an activating group) is 1. The van der Waals surface area contributed by atoms with Crippen molar-refractivity contribution in [1.29, 1.82) is 0 Å². The molecule has 0 unspecified atom stereocenters. The van der Waals surface area contributed by atoms with Crippen LogP contribution in [-0.4, -0.2) is 44.3 Å². The number of aromatic nitrogens is 2. The first-order valence-electron chi connectivity index (χ1n) is 6.98. The quantitative estimate of drug-likeness (QED) is 0.938. The Balaban J connectivity index is 2.32. The molecule has 1 aromatic heterocycles. The first-order chi connectivity index (χ1) is 10.6. The van der Waals surface area contributed by atoms with E-state index in [9.17, 15) is 19.1 Å². The monoisotopic (exact) mass is 319 g/mol. The summed E-state index contributed by atoms with van der Waals surface area (Å²) in [6.45, 7) is 4.62. The number of hydrogen-bond donors (Lipinski definition) is 1. The Labute approximate surface area is 133 Å². The molecule has 0 radical (unpaired) electrons. The normalized spacial score (nSPS) is 11.3. The van der Waals surface area contributed by atoms with Crippen LogP contribution >= 0.6 is 0 Å². The Kier molecular flexibility index (Phi) is 4.22.